The maximum absolute atomic E-state index is 6.88. The lowest BCUT2D eigenvalue weighted by Crippen LogP contribution is -2.51. The summed E-state index contributed by atoms with van der Waals surface area (Å²) in [4.78, 5) is 0. The van der Waals surface area contributed by atoms with Crippen molar-refractivity contribution in [2.45, 2.75) is 59.0 Å². The predicted octanol–water partition coefficient (Wildman–Crippen LogP) is 4.22. The zero-order valence-electron chi connectivity index (χ0n) is 10.4. The first-order valence-electron chi connectivity index (χ1n) is 5.96. The van der Waals surface area contributed by atoms with Crippen LogP contribution in [0.5, 0.6) is 0 Å². The lowest BCUT2D eigenvalue weighted by molar-refractivity contribution is 0.459. The molecule has 0 aromatic rings. The summed E-state index contributed by atoms with van der Waals surface area (Å²) < 4.78 is 2.52. The molecule has 0 aliphatic carbocycles. The van der Waals surface area contributed by atoms with Crippen LogP contribution in [0.15, 0.2) is 0 Å². The van der Waals surface area contributed by atoms with Crippen molar-refractivity contribution in [1.82, 2.24) is 4.57 Å². The van der Waals surface area contributed by atoms with E-state index in [1.54, 1.807) is 0 Å². The van der Waals surface area contributed by atoms with Crippen LogP contribution in [-0.2, 0) is 0 Å². The van der Waals surface area contributed by atoms with E-state index in [-0.39, 0.29) is 0 Å². The summed E-state index contributed by atoms with van der Waals surface area (Å²) in [5.74, 6) is 0. The van der Waals surface area contributed by atoms with Gasteiger partial charge in [-0.15, -0.1) is 11.1 Å². The Labute approximate surface area is 95.6 Å². The fourth-order valence-corrected chi connectivity index (χ4v) is 6.63. The Bertz CT molecular complexity index is 148. The molecule has 86 valence electrons. The molecule has 1 atom stereocenters. The van der Waals surface area contributed by atoms with E-state index in [1.807, 2.05) is 0 Å². The molecule has 1 unspecified atom stereocenters. The number of unbranched alkanes of at least 4 members (excludes halogenated alkanes) is 1. The Balaban J connectivity index is 4.50. The lowest BCUT2D eigenvalue weighted by atomic mass is 10.4. The Kier molecular flexibility index (Phi) is 7.09. The van der Waals surface area contributed by atoms with Gasteiger partial charge in [0.2, 0.25) is 7.55 Å². The second-order valence-corrected chi connectivity index (χ2v) is 10.1. The molecule has 0 N–H and O–H groups in total. The Hall–Kier alpha value is 0.467. The van der Waals surface area contributed by atoms with E-state index in [0.717, 1.165) is 13.1 Å². The molecule has 0 bridgehead atoms. The normalized spacial score (nSPS) is 16.3. The van der Waals surface area contributed by atoms with Crippen molar-refractivity contribution >= 4 is 18.6 Å². The average Bonchev–Trinajstić information content (AvgIpc) is 2.16. The molecule has 3 heteroatoms. The number of nitrogens with zero attached hydrogens (tertiary/aromatic N) is 1. The van der Waals surface area contributed by atoms with Crippen LogP contribution in [0.25, 0.3) is 0 Å². The summed E-state index contributed by atoms with van der Waals surface area (Å²) in [5, 5.41) is 0. The van der Waals surface area contributed by atoms with Crippen LogP contribution in [0, 0.1) is 0 Å². The average molecular weight is 236 g/mol. The molecule has 0 radical (unpaired) electrons. The molecule has 14 heavy (non-hydrogen) atoms. The fourth-order valence-electron chi connectivity index (χ4n) is 1.99. The molecule has 0 aliphatic rings. The van der Waals surface area contributed by atoms with Gasteiger partial charge in [0.1, 0.15) is 0 Å². The van der Waals surface area contributed by atoms with Crippen LogP contribution in [-0.4, -0.2) is 25.2 Å². The highest BCUT2D eigenvalue weighted by atomic mass is 35.6. The SMILES string of the molecule is CCCC[Si](Cl)(C(C)C)N(CC)CC. The van der Waals surface area contributed by atoms with Crippen molar-refractivity contribution in [2.24, 2.45) is 0 Å². The monoisotopic (exact) mass is 235 g/mol. The second-order valence-electron chi connectivity index (χ2n) is 4.25. The molecule has 0 rings (SSSR count). The third-order valence-corrected chi connectivity index (χ3v) is 10.2. The van der Waals surface area contributed by atoms with Gasteiger partial charge >= 0.3 is 0 Å². The Morgan fingerprint density at radius 1 is 1.14 bits per heavy atom. The van der Waals surface area contributed by atoms with Crippen molar-refractivity contribution in [3.05, 3.63) is 0 Å². The summed E-state index contributed by atoms with van der Waals surface area (Å²) in [6.45, 7) is 13.5. The van der Waals surface area contributed by atoms with Gasteiger partial charge < -0.3 is 4.57 Å². The van der Waals surface area contributed by atoms with Crippen LogP contribution in [0.4, 0.5) is 0 Å². The summed E-state index contributed by atoms with van der Waals surface area (Å²) >= 11 is 6.88. The zero-order valence-corrected chi connectivity index (χ0v) is 12.2. The molecule has 0 spiro atoms. The van der Waals surface area contributed by atoms with Gasteiger partial charge in [0.05, 0.1) is 0 Å². The standard InChI is InChI=1S/C11H26ClNSi/c1-6-9-10-14(12,11(4)5)13(7-2)8-3/h11H,6-10H2,1-5H3. The van der Waals surface area contributed by atoms with Crippen molar-refractivity contribution < 1.29 is 0 Å². The fraction of sp³-hybridized carbons (Fsp3) is 1.00. The topological polar surface area (TPSA) is 3.24 Å². The lowest BCUT2D eigenvalue weighted by Gasteiger charge is -2.39. The van der Waals surface area contributed by atoms with Crippen LogP contribution < -0.4 is 0 Å². The van der Waals surface area contributed by atoms with Crippen LogP contribution in [0.3, 0.4) is 0 Å². The van der Waals surface area contributed by atoms with Crippen molar-refractivity contribution in [3.63, 3.8) is 0 Å². The summed E-state index contributed by atoms with van der Waals surface area (Å²) in [6, 6.07) is 1.24. The zero-order chi connectivity index (χ0) is 11.2. The largest absolute Gasteiger partial charge is 0.312 e. The molecule has 0 amide bonds. The van der Waals surface area contributed by atoms with Gasteiger partial charge in [-0.25, -0.2) is 0 Å². The van der Waals surface area contributed by atoms with E-state index in [2.05, 4.69) is 39.2 Å². The van der Waals surface area contributed by atoms with Crippen LogP contribution in [0.1, 0.15) is 47.5 Å². The maximum Gasteiger partial charge on any atom is 0.231 e. The number of hydrogen-bond acceptors (Lipinski definition) is 1. The third-order valence-electron chi connectivity index (χ3n) is 3.05. The highest BCUT2D eigenvalue weighted by Crippen LogP contribution is 2.34. The van der Waals surface area contributed by atoms with Gasteiger partial charge in [0.15, 0.2) is 0 Å². The smallest absolute Gasteiger partial charge is 0.231 e. The Morgan fingerprint density at radius 3 is 1.93 bits per heavy atom. The van der Waals surface area contributed by atoms with Gasteiger partial charge in [-0.3, -0.25) is 0 Å². The molecule has 0 aromatic carbocycles. The summed E-state index contributed by atoms with van der Waals surface area (Å²) in [5.41, 5.74) is 0.649. The van der Waals surface area contributed by atoms with Gasteiger partial charge in [-0.2, -0.15) is 0 Å². The quantitative estimate of drug-likeness (QED) is 0.472. The molecular formula is C11H26ClNSi. The molecule has 0 fully saturated rings. The molecule has 0 heterocycles. The number of hydrogen-bond donors (Lipinski definition) is 0. The first-order chi connectivity index (χ1) is 6.52. The minimum atomic E-state index is -1.67. The van der Waals surface area contributed by atoms with Gasteiger partial charge in [-0.1, -0.05) is 47.5 Å². The van der Waals surface area contributed by atoms with E-state index >= 15 is 0 Å². The van der Waals surface area contributed by atoms with Gasteiger partial charge in [0.25, 0.3) is 0 Å². The van der Waals surface area contributed by atoms with E-state index in [4.69, 9.17) is 11.1 Å². The van der Waals surface area contributed by atoms with E-state index in [9.17, 15) is 0 Å². The first kappa shape index (κ1) is 14.5. The molecule has 1 nitrogen and oxygen atoms in total. The first-order valence-corrected chi connectivity index (χ1v) is 9.21. The second kappa shape index (κ2) is 6.86. The van der Waals surface area contributed by atoms with Gasteiger partial charge in [0, 0.05) is 0 Å². The molecule has 0 aliphatic heterocycles. The minimum Gasteiger partial charge on any atom is -0.312 e. The number of halogens is 1. The van der Waals surface area contributed by atoms with E-state index < -0.39 is 7.55 Å². The van der Waals surface area contributed by atoms with Crippen LogP contribution >= 0.6 is 11.1 Å². The Morgan fingerprint density at radius 2 is 1.64 bits per heavy atom. The van der Waals surface area contributed by atoms with E-state index in [1.165, 1.54) is 18.9 Å². The molecule has 0 aromatic heterocycles. The third kappa shape index (κ3) is 3.56. The summed E-state index contributed by atoms with van der Waals surface area (Å²) in [7, 11) is -1.67. The summed E-state index contributed by atoms with van der Waals surface area (Å²) in [6.07, 6.45) is 2.54. The minimum absolute atomic E-state index is 0.649. The van der Waals surface area contributed by atoms with Crippen LogP contribution in [0.2, 0.25) is 11.6 Å². The van der Waals surface area contributed by atoms with E-state index in [0.29, 0.717) is 5.54 Å². The highest BCUT2D eigenvalue weighted by molar-refractivity contribution is 7.19. The molecular weight excluding hydrogens is 210 g/mol. The van der Waals surface area contributed by atoms with Gasteiger partial charge in [-0.05, 0) is 24.7 Å². The molecule has 0 saturated carbocycles. The van der Waals surface area contributed by atoms with Crippen molar-refractivity contribution in [1.29, 1.82) is 0 Å². The highest BCUT2D eigenvalue weighted by Gasteiger charge is 2.39. The maximum atomic E-state index is 6.88. The number of rotatable bonds is 7. The van der Waals surface area contributed by atoms with Crippen molar-refractivity contribution in [2.75, 3.05) is 13.1 Å². The predicted molar refractivity (Wildman–Crippen MR) is 69.3 cm³/mol. The molecule has 0 saturated heterocycles. The van der Waals surface area contributed by atoms with Crippen molar-refractivity contribution in [3.8, 4) is 0 Å².